The molecule has 0 radical (unpaired) electrons. The van der Waals surface area contributed by atoms with Gasteiger partial charge in [0.25, 0.3) is 5.91 Å². The molecule has 0 aliphatic carbocycles. The van der Waals surface area contributed by atoms with Crippen molar-refractivity contribution in [1.29, 1.82) is 0 Å². The van der Waals surface area contributed by atoms with Gasteiger partial charge in [-0.3, -0.25) is 9.89 Å². The maximum Gasteiger partial charge on any atom is 0.328 e. The van der Waals surface area contributed by atoms with E-state index in [1.807, 2.05) is 0 Å². The first-order valence-corrected chi connectivity index (χ1v) is 5.89. The van der Waals surface area contributed by atoms with Crippen molar-refractivity contribution in [2.24, 2.45) is 0 Å². The maximum atomic E-state index is 13.7. The Morgan fingerprint density at radius 1 is 1.43 bits per heavy atom. The van der Waals surface area contributed by atoms with Crippen LogP contribution in [-0.4, -0.2) is 32.2 Å². The van der Waals surface area contributed by atoms with Gasteiger partial charge < -0.3 is 10.4 Å². The van der Waals surface area contributed by atoms with Crippen LogP contribution < -0.4 is 5.32 Å². The zero-order valence-corrected chi connectivity index (χ0v) is 10.7. The number of carbonyl (C=O) groups excluding carboxylic acids is 1. The molecule has 108 valence electrons. The Morgan fingerprint density at radius 2 is 2.24 bits per heavy atom. The highest BCUT2D eigenvalue weighted by Gasteiger charge is 2.09. The van der Waals surface area contributed by atoms with E-state index in [0.717, 1.165) is 18.2 Å². The van der Waals surface area contributed by atoms with E-state index in [1.165, 1.54) is 18.5 Å². The molecule has 0 fully saturated rings. The van der Waals surface area contributed by atoms with Crippen molar-refractivity contribution in [3.8, 4) is 0 Å². The third-order valence-corrected chi connectivity index (χ3v) is 2.55. The molecule has 8 heteroatoms. The lowest BCUT2D eigenvalue weighted by molar-refractivity contribution is -0.131. The van der Waals surface area contributed by atoms with Crippen LogP contribution in [0.4, 0.5) is 4.39 Å². The van der Waals surface area contributed by atoms with Crippen LogP contribution in [0.1, 0.15) is 21.7 Å². The van der Waals surface area contributed by atoms with Gasteiger partial charge in [-0.15, -0.1) is 0 Å². The van der Waals surface area contributed by atoms with Crippen molar-refractivity contribution in [2.45, 2.75) is 6.54 Å². The van der Waals surface area contributed by atoms with Crippen molar-refractivity contribution in [3.05, 3.63) is 53.4 Å². The first kappa shape index (κ1) is 14.4. The number of carbonyl (C=O) groups is 2. The standard InChI is InChI=1S/C13H11FN4O3/c14-10-5-9(2-1-8(10)3-4-12(19)20)13(21)15-6-11-16-7-17-18-11/h1-5,7H,6H2,(H,15,21)(H,19,20)(H,16,17,18). The Kier molecular flexibility index (Phi) is 4.39. The fraction of sp³-hybridized carbons (Fsp3) is 0.0769. The average molecular weight is 290 g/mol. The minimum atomic E-state index is -1.18. The van der Waals surface area contributed by atoms with Crippen LogP contribution in [0.2, 0.25) is 0 Å². The molecule has 3 N–H and O–H groups in total. The zero-order valence-electron chi connectivity index (χ0n) is 10.7. The third-order valence-electron chi connectivity index (χ3n) is 2.55. The lowest BCUT2D eigenvalue weighted by Gasteiger charge is -2.04. The second kappa shape index (κ2) is 6.42. The molecule has 1 amide bonds. The number of nitrogens with zero attached hydrogens (tertiary/aromatic N) is 2. The Bertz CT molecular complexity index is 683. The number of amides is 1. The van der Waals surface area contributed by atoms with Crippen molar-refractivity contribution >= 4 is 18.0 Å². The molecule has 0 saturated carbocycles. The molecule has 1 aromatic heterocycles. The van der Waals surface area contributed by atoms with E-state index < -0.39 is 17.7 Å². The number of H-pyrrole nitrogens is 1. The molecule has 2 rings (SSSR count). The molecule has 2 aromatic rings. The summed E-state index contributed by atoms with van der Waals surface area (Å²) in [5, 5.41) is 17.2. The number of rotatable bonds is 5. The first-order chi connectivity index (χ1) is 10.1. The van der Waals surface area contributed by atoms with Crippen molar-refractivity contribution in [2.75, 3.05) is 0 Å². The van der Waals surface area contributed by atoms with Crippen LogP contribution in [0.3, 0.4) is 0 Å². The van der Waals surface area contributed by atoms with Gasteiger partial charge in [0.05, 0.1) is 6.54 Å². The Labute approximate surface area is 118 Å². The lowest BCUT2D eigenvalue weighted by Crippen LogP contribution is -2.23. The summed E-state index contributed by atoms with van der Waals surface area (Å²) < 4.78 is 13.7. The molecule has 0 unspecified atom stereocenters. The number of nitrogens with one attached hydrogen (secondary N) is 2. The van der Waals surface area contributed by atoms with E-state index in [-0.39, 0.29) is 17.7 Å². The summed E-state index contributed by atoms with van der Waals surface area (Å²) in [6.07, 6.45) is 3.25. The van der Waals surface area contributed by atoms with Crippen molar-refractivity contribution in [1.82, 2.24) is 20.5 Å². The number of carboxylic acids is 1. The molecule has 0 aliphatic rings. The van der Waals surface area contributed by atoms with E-state index in [1.54, 1.807) is 0 Å². The van der Waals surface area contributed by atoms with Gasteiger partial charge in [0, 0.05) is 17.2 Å². The molecular formula is C13H11FN4O3. The smallest absolute Gasteiger partial charge is 0.328 e. The minimum Gasteiger partial charge on any atom is -0.478 e. The fourth-order valence-corrected chi connectivity index (χ4v) is 1.55. The minimum absolute atomic E-state index is 0.0872. The summed E-state index contributed by atoms with van der Waals surface area (Å²) in [7, 11) is 0. The monoisotopic (exact) mass is 290 g/mol. The molecule has 7 nitrogen and oxygen atoms in total. The number of hydrogen-bond acceptors (Lipinski definition) is 4. The molecule has 0 atom stereocenters. The summed E-state index contributed by atoms with van der Waals surface area (Å²) in [5.41, 5.74) is 0.212. The normalized spacial score (nSPS) is 10.7. The van der Waals surface area contributed by atoms with Gasteiger partial charge >= 0.3 is 5.97 Å². The highest BCUT2D eigenvalue weighted by atomic mass is 19.1. The average Bonchev–Trinajstić information content (AvgIpc) is 2.96. The highest BCUT2D eigenvalue weighted by Crippen LogP contribution is 2.12. The molecular weight excluding hydrogens is 279 g/mol. The van der Waals surface area contributed by atoms with Gasteiger partial charge in [-0.1, -0.05) is 6.07 Å². The molecule has 0 saturated heterocycles. The maximum absolute atomic E-state index is 13.7. The number of aromatic nitrogens is 3. The van der Waals surface area contributed by atoms with Crippen LogP contribution in [0.25, 0.3) is 6.08 Å². The zero-order chi connectivity index (χ0) is 15.2. The number of aliphatic carboxylic acids is 1. The van der Waals surface area contributed by atoms with Gasteiger partial charge in [-0.05, 0) is 18.2 Å². The van der Waals surface area contributed by atoms with E-state index in [2.05, 4.69) is 20.5 Å². The van der Waals surface area contributed by atoms with E-state index >= 15 is 0 Å². The van der Waals surface area contributed by atoms with Crippen molar-refractivity contribution in [3.63, 3.8) is 0 Å². The van der Waals surface area contributed by atoms with Gasteiger partial charge in [-0.25, -0.2) is 14.2 Å². The van der Waals surface area contributed by atoms with Gasteiger partial charge in [0.2, 0.25) is 0 Å². The molecule has 1 heterocycles. The third kappa shape index (κ3) is 3.96. The quantitative estimate of drug-likeness (QED) is 0.711. The lowest BCUT2D eigenvalue weighted by atomic mass is 10.1. The van der Waals surface area contributed by atoms with Crippen molar-refractivity contribution < 1.29 is 19.1 Å². The Balaban J connectivity index is 2.05. The predicted octanol–water partition coefficient (Wildman–Crippen LogP) is 0.972. The molecule has 21 heavy (non-hydrogen) atoms. The summed E-state index contributed by atoms with van der Waals surface area (Å²) in [5.74, 6) is -1.85. The number of hydrogen-bond donors (Lipinski definition) is 3. The number of halogens is 1. The first-order valence-electron chi connectivity index (χ1n) is 5.89. The fourth-order valence-electron chi connectivity index (χ4n) is 1.55. The Morgan fingerprint density at radius 3 is 2.86 bits per heavy atom. The van der Waals surface area contributed by atoms with E-state index in [0.29, 0.717) is 5.82 Å². The second-order valence-corrected chi connectivity index (χ2v) is 4.02. The second-order valence-electron chi connectivity index (χ2n) is 4.02. The Hall–Kier alpha value is -3.03. The molecule has 0 spiro atoms. The van der Waals surface area contributed by atoms with Crippen LogP contribution in [-0.2, 0) is 11.3 Å². The predicted molar refractivity (Wildman–Crippen MR) is 70.6 cm³/mol. The van der Waals surface area contributed by atoms with Crippen LogP contribution in [0.15, 0.2) is 30.6 Å². The summed E-state index contributed by atoms with van der Waals surface area (Å²) >= 11 is 0. The van der Waals surface area contributed by atoms with Gasteiger partial charge in [0.15, 0.2) is 0 Å². The van der Waals surface area contributed by atoms with Crippen LogP contribution >= 0.6 is 0 Å². The topological polar surface area (TPSA) is 108 Å². The summed E-state index contributed by atoms with van der Waals surface area (Å²) in [6.45, 7) is 0.140. The molecule has 0 bridgehead atoms. The number of benzene rings is 1. The van der Waals surface area contributed by atoms with E-state index in [9.17, 15) is 14.0 Å². The number of carboxylic acid groups (broad SMARTS) is 1. The highest BCUT2D eigenvalue weighted by molar-refractivity contribution is 5.94. The SMILES string of the molecule is O=C(O)C=Cc1ccc(C(=O)NCc2ncn[nH]2)cc1F. The largest absolute Gasteiger partial charge is 0.478 e. The summed E-state index contributed by atoms with van der Waals surface area (Å²) in [6, 6.07) is 3.77. The molecule has 1 aromatic carbocycles. The summed E-state index contributed by atoms with van der Waals surface area (Å²) in [4.78, 5) is 26.0. The van der Waals surface area contributed by atoms with Gasteiger partial charge in [-0.2, -0.15) is 5.10 Å². The number of aromatic amines is 1. The van der Waals surface area contributed by atoms with Crippen LogP contribution in [0, 0.1) is 5.82 Å². The molecule has 0 aliphatic heterocycles. The van der Waals surface area contributed by atoms with E-state index in [4.69, 9.17) is 5.11 Å². The van der Waals surface area contributed by atoms with Crippen LogP contribution in [0.5, 0.6) is 0 Å². The van der Waals surface area contributed by atoms with Gasteiger partial charge in [0.1, 0.15) is 18.0 Å².